The zero-order chi connectivity index (χ0) is 39.8. The van der Waals surface area contributed by atoms with E-state index in [1.54, 1.807) is 12.1 Å². The second-order valence-electron chi connectivity index (χ2n) is 18.1. The summed E-state index contributed by atoms with van der Waals surface area (Å²) in [4.78, 5) is 67.3. The van der Waals surface area contributed by atoms with Crippen LogP contribution in [0, 0.1) is 30.6 Å². The molecule has 3 aromatic carbocycles. The van der Waals surface area contributed by atoms with Crippen molar-refractivity contribution in [1.29, 1.82) is 0 Å². The van der Waals surface area contributed by atoms with Crippen LogP contribution in [0.4, 0.5) is 5.69 Å². The fourth-order valence-corrected chi connectivity index (χ4v) is 11.4. The van der Waals surface area contributed by atoms with Crippen molar-refractivity contribution >= 4 is 40.0 Å². The summed E-state index contributed by atoms with van der Waals surface area (Å²) in [6.45, 7) is 11.9. The van der Waals surface area contributed by atoms with Crippen molar-refractivity contribution in [3.05, 3.63) is 75.8 Å². The number of ketones is 2. The van der Waals surface area contributed by atoms with E-state index in [0.717, 1.165) is 41.2 Å². The topological polar surface area (TPSA) is 145 Å². The molecule has 4 bridgehead atoms. The highest BCUT2D eigenvalue weighted by Gasteiger charge is 2.70. The number of anilines is 1. The average molecular weight is 780 g/mol. The Bertz CT molecular complexity index is 2250. The molecule has 0 aromatic heterocycles. The van der Waals surface area contributed by atoms with Gasteiger partial charge in [0.1, 0.15) is 0 Å². The molecule has 6 aliphatic heterocycles. The Balaban J connectivity index is 0.833. The van der Waals surface area contributed by atoms with E-state index in [1.807, 2.05) is 65.0 Å². The normalized spacial score (nSPS) is 38.5. The minimum Gasteiger partial charge on any atom is -0.457 e. The Morgan fingerprint density at radius 1 is 0.842 bits per heavy atom. The van der Waals surface area contributed by atoms with Gasteiger partial charge in [0.15, 0.2) is 29.6 Å². The lowest BCUT2D eigenvalue weighted by Crippen LogP contribution is -2.70. The zero-order valence-electron chi connectivity index (χ0n) is 33.2. The van der Waals surface area contributed by atoms with Gasteiger partial charge in [0.25, 0.3) is 0 Å². The van der Waals surface area contributed by atoms with E-state index in [9.17, 15) is 19.2 Å². The number of ether oxygens (including phenoxy) is 5. The maximum atomic E-state index is 14.3. The second-order valence-corrected chi connectivity index (χ2v) is 18.1. The summed E-state index contributed by atoms with van der Waals surface area (Å²) in [5, 5.41) is 5.21. The molecule has 3 aromatic rings. The molecular weight excluding hydrogens is 730 g/mol. The third kappa shape index (κ3) is 5.50. The van der Waals surface area contributed by atoms with Crippen LogP contribution >= 0.6 is 0 Å². The first-order valence-corrected chi connectivity index (χ1v) is 20.5. The number of hydrogen-bond donors (Lipinski definition) is 1. The monoisotopic (exact) mass is 779 g/mol. The van der Waals surface area contributed by atoms with Crippen molar-refractivity contribution < 1.29 is 52.6 Å². The summed E-state index contributed by atoms with van der Waals surface area (Å²) in [6, 6.07) is 13.1. The fraction of sp³-hybridized carbons (Fsp3) is 0.556. The van der Waals surface area contributed by atoms with E-state index in [1.165, 1.54) is 0 Å². The van der Waals surface area contributed by atoms with Gasteiger partial charge in [0.2, 0.25) is 12.1 Å². The molecular formula is C45H49NO11. The van der Waals surface area contributed by atoms with Gasteiger partial charge in [-0.05, 0) is 81.7 Å². The minimum absolute atomic E-state index is 0.00803. The molecule has 12 atom stereocenters. The molecule has 6 heterocycles. The number of hydrogen-bond acceptors (Lipinski definition) is 12. The van der Waals surface area contributed by atoms with Crippen LogP contribution in [0.25, 0.3) is 10.8 Å². The molecule has 0 amide bonds. The van der Waals surface area contributed by atoms with Gasteiger partial charge in [-0.2, -0.15) is 0 Å². The molecule has 1 spiro atoms. The van der Waals surface area contributed by atoms with Crippen molar-refractivity contribution in [2.45, 2.75) is 134 Å². The molecule has 57 heavy (non-hydrogen) atoms. The van der Waals surface area contributed by atoms with E-state index >= 15 is 0 Å². The van der Waals surface area contributed by atoms with E-state index in [2.05, 4.69) is 12.2 Å². The first-order valence-electron chi connectivity index (χ1n) is 20.5. The average Bonchev–Trinajstić information content (AvgIpc) is 3.41. The second kappa shape index (κ2) is 12.9. The Labute approximate surface area is 331 Å². The van der Waals surface area contributed by atoms with Gasteiger partial charge in [0.05, 0.1) is 41.8 Å². The molecule has 5 saturated heterocycles. The van der Waals surface area contributed by atoms with E-state index in [0.29, 0.717) is 46.7 Å². The van der Waals surface area contributed by atoms with Crippen molar-refractivity contribution in [3.63, 3.8) is 0 Å². The number of aryl methyl sites for hydroxylation is 1. The third-order valence-electron chi connectivity index (χ3n) is 14.3. The number of nitrogens with one attached hydrogen (secondary N) is 1. The van der Waals surface area contributed by atoms with Crippen LogP contribution in [-0.4, -0.2) is 65.2 Å². The Morgan fingerprint density at radius 3 is 2.39 bits per heavy atom. The largest absolute Gasteiger partial charge is 0.457 e. The van der Waals surface area contributed by atoms with Crippen LogP contribution in [0.1, 0.15) is 129 Å². The quantitative estimate of drug-likeness (QED) is 0.159. The van der Waals surface area contributed by atoms with Gasteiger partial charge in [-0.15, -0.1) is 0 Å². The number of carbonyl (C=O) groups is 4. The summed E-state index contributed by atoms with van der Waals surface area (Å²) in [5.41, 5.74) is 2.15. The predicted octanol–water partition coefficient (Wildman–Crippen LogP) is 7.40. The van der Waals surface area contributed by atoms with Crippen LogP contribution < -0.4 is 5.32 Å². The zero-order valence-corrected chi connectivity index (χ0v) is 33.2. The van der Waals surface area contributed by atoms with E-state index < -0.39 is 59.8 Å². The van der Waals surface area contributed by atoms with Crippen molar-refractivity contribution in [2.24, 2.45) is 23.7 Å². The maximum absolute atomic E-state index is 14.3. The molecule has 6 fully saturated rings. The first kappa shape index (κ1) is 37.1. The lowest BCUT2D eigenvalue weighted by atomic mass is 9.58. The number of rotatable bonds is 5. The summed E-state index contributed by atoms with van der Waals surface area (Å²) in [7, 11) is 0. The summed E-state index contributed by atoms with van der Waals surface area (Å²) in [5.74, 6) is -2.18. The molecule has 12 nitrogen and oxygen atoms in total. The van der Waals surface area contributed by atoms with Gasteiger partial charge < -0.3 is 29.0 Å². The van der Waals surface area contributed by atoms with Crippen molar-refractivity contribution in [3.8, 4) is 0 Å². The van der Waals surface area contributed by atoms with Gasteiger partial charge in [0, 0.05) is 46.9 Å². The molecule has 11 rings (SSSR count). The molecule has 0 radical (unpaired) electrons. The number of benzene rings is 3. The molecule has 1 saturated carbocycles. The summed E-state index contributed by atoms with van der Waals surface area (Å²) in [6.07, 6.45) is 0.191. The van der Waals surface area contributed by atoms with Crippen LogP contribution in [0.15, 0.2) is 42.5 Å². The number of fused-ring (bicyclic) bond motifs is 11. The molecule has 2 aliphatic carbocycles. The van der Waals surface area contributed by atoms with Gasteiger partial charge >= 0.3 is 11.9 Å². The van der Waals surface area contributed by atoms with E-state index in [4.69, 9.17) is 33.5 Å². The Kier molecular flexibility index (Phi) is 8.39. The maximum Gasteiger partial charge on any atom is 0.308 e. The molecule has 12 heteroatoms. The van der Waals surface area contributed by atoms with Crippen LogP contribution in [0.3, 0.4) is 0 Å². The standard InChI is InChI=1S/C45H49NO11/c1-21-7-10-26-25(19-21)9-11-28-35(26)38(49)29-13-12-27-32-20-43(5,46-37(27)36(29)39(28)50)40(24(4)51-32)52-33(47)15-16-34(48)53-41-23(3)31-14-8-22(2)30-17-18-44(6)55-42(54-41)45(30,31)57-56-44/h7,9-13,19,22-24,30-32,40-42,46H,8,14-18,20H2,1-6H3/t22-,23-,24+,30+,31?,32?,40+,41?,42?,43?,44+,45-/m1/s1. The van der Waals surface area contributed by atoms with E-state index in [-0.39, 0.29) is 42.2 Å². The summed E-state index contributed by atoms with van der Waals surface area (Å²) < 4.78 is 31.3. The molecule has 8 aliphatic rings. The third-order valence-corrected chi connectivity index (χ3v) is 14.3. The highest BCUT2D eigenvalue weighted by molar-refractivity contribution is 6.33. The SMILES string of the molecule is Cc1ccc2c3c(ccc2c1)C(=O)c1c(ccc2c1NC1(C)CC2O[C@@H](C)[C@@H]1OC(=O)CCC(=O)OC1OC2O[C@]4(C)CC[C@H]5[C@H](C)CCC([C@H]1C)[C@@]25OO4)C3=O. The Morgan fingerprint density at radius 2 is 1.58 bits per heavy atom. The van der Waals surface area contributed by atoms with Crippen molar-refractivity contribution in [1.82, 2.24) is 0 Å². The van der Waals surface area contributed by atoms with Crippen molar-refractivity contribution in [2.75, 3.05) is 5.32 Å². The van der Waals surface area contributed by atoms with Gasteiger partial charge in [-0.25, -0.2) is 9.78 Å². The summed E-state index contributed by atoms with van der Waals surface area (Å²) >= 11 is 0. The fourth-order valence-electron chi connectivity index (χ4n) is 11.4. The number of esters is 2. The molecule has 300 valence electrons. The molecule has 5 unspecified atom stereocenters. The minimum atomic E-state index is -0.950. The smallest absolute Gasteiger partial charge is 0.308 e. The highest BCUT2D eigenvalue weighted by atomic mass is 17.3. The molecule has 1 N–H and O–H groups in total. The first-order chi connectivity index (χ1) is 27.2. The number of carbonyl (C=O) groups excluding carboxylic acids is 4. The van der Waals surface area contributed by atoms with Gasteiger partial charge in [-0.1, -0.05) is 49.7 Å². The van der Waals surface area contributed by atoms with Gasteiger partial charge in [-0.3, -0.25) is 19.2 Å². The van der Waals surface area contributed by atoms with Crippen LogP contribution in [-0.2, 0) is 43.0 Å². The van der Waals surface area contributed by atoms with Crippen LogP contribution in [0.2, 0.25) is 0 Å². The highest BCUT2D eigenvalue weighted by Crippen LogP contribution is 2.61. The lowest BCUT2D eigenvalue weighted by molar-refractivity contribution is -0.576. The lowest BCUT2D eigenvalue weighted by Gasteiger charge is -2.59. The predicted molar refractivity (Wildman–Crippen MR) is 204 cm³/mol. The Hall–Kier alpha value is -4.20. The van der Waals surface area contributed by atoms with Crippen LogP contribution in [0.5, 0.6) is 0 Å².